The summed E-state index contributed by atoms with van der Waals surface area (Å²) in [6.07, 6.45) is 3.32. The van der Waals surface area contributed by atoms with E-state index in [0.717, 1.165) is 12.8 Å². The lowest BCUT2D eigenvalue weighted by molar-refractivity contribution is -0.122. The Balaban J connectivity index is 1.41. The summed E-state index contributed by atoms with van der Waals surface area (Å²) >= 11 is 6.05. The minimum absolute atomic E-state index is 0.157. The molecule has 2 fully saturated rings. The third-order valence-electron chi connectivity index (χ3n) is 6.06. The van der Waals surface area contributed by atoms with E-state index in [2.05, 4.69) is 5.32 Å². The number of anilines is 2. The third-order valence-corrected chi connectivity index (χ3v) is 6.47. The smallest absolute Gasteiger partial charge is 0.338 e. The van der Waals surface area contributed by atoms with E-state index >= 15 is 0 Å². The number of imide groups is 1. The molecular formula is C24H23ClN2O5. The Hall–Kier alpha value is -3.19. The quantitative estimate of drug-likeness (QED) is 0.541. The van der Waals surface area contributed by atoms with Crippen molar-refractivity contribution in [3.63, 3.8) is 0 Å². The fourth-order valence-corrected chi connectivity index (χ4v) is 4.51. The van der Waals surface area contributed by atoms with Crippen LogP contribution >= 0.6 is 11.6 Å². The monoisotopic (exact) mass is 454 g/mol. The van der Waals surface area contributed by atoms with Gasteiger partial charge >= 0.3 is 5.97 Å². The first-order valence-corrected chi connectivity index (χ1v) is 10.9. The first-order valence-electron chi connectivity index (χ1n) is 10.6. The molecule has 1 saturated heterocycles. The zero-order valence-electron chi connectivity index (χ0n) is 17.6. The molecule has 7 nitrogen and oxygen atoms in total. The number of carbonyl (C=O) groups is 4. The number of halogens is 1. The Labute approximate surface area is 190 Å². The van der Waals surface area contributed by atoms with Crippen molar-refractivity contribution < 1.29 is 23.9 Å². The highest BCUT2D eigenvalue weighted by Gasteiger charge is 2.48. The van der Waals surface area contributed by atoms with Gasteiger partial charge in [-0.15, -0.1) is 0 Å². The summed E-state index contributed by atoms with van der Waals surface area (Å²) in [4.78, 5) is 51.5. The van der Waals surface area contributed by atoms with Gasteiger partial charge in [-0.1, -0.05) is 36.6 Å². The summed E-state index contributed by atoms with van der Waals surface area (Å²) in [6, 6.07) is 11.3. The van der Waals surface area contributed by atoms with Gasteiger partial charge in [-0.2, -0.15) is 0 Å². The number of rotatable bonds is 5. The highest BCUT2D eigenvalue weighted by Crippen LogP contribution is 2.40. The molecule has 4 rings (SSSR count). The van der Waals surface area contributed by atoms with Crippen LogP contribution in [-0.2, 0) is 19.1 Å². The molecule has 0 aromatic heterocycles. The molecule has 0 unspecified atom stereocenters. The van der Waals surface area contributed by atoms with Crippen LogP contribution in [0.1, 0.15) is 41.6 Å². The number of esters is 1. The van der Waals surface area contributed by atoms with Crippen molar-refractivity contribution in [3.05, 3.63) is 58.6 Å². The fourth-order valence-electron chi connectivity index (χ4n) is 4.33. The van der Waals surface area contributed by atoms with E-state index in [1.807, 2.05) is 0 Å². The van der Waals surface area contributed by atoms with Crippen LogP contribution in [0.15, 0.2) is 42.5 Å². The number of ether oxygens (including phenoxy) is 1. The first-order chi connectivity index (χ1) is 15.4. The van der Waals surface area contributed by atoms with Gasteiger partial charge in [0, 0.05) is 10.7 Å². The Morgan fingerprint density at radius 1 is 1.06 bits per heavy atom. The maximum atomic E-state index is 12.8. The molecule has 1 saturated carbocycles. The van der Waals surface area contributed by atoms with Gasteiger partial charge in [-0.05, 0) is 55.7 Å². The molecule has 166 valence electrons. The van der Waals surface area contributed by atoms with Crippen molar-refractivity contribution in [1.29, 1.82) is 0 Å². The molecule has 0 bridgehead atoms. The van der Waals surface area contributed by atoms with E-state index in [4.69, 9.17) is 16.3 Å². The van der Waals surface area contributed by atoms with Gasteiger partial charge < -0.3 is 10.1 Å². The Morgan fingerprint density at radius 2 is 1.72 bits per heavy atom. The van der Waals surface area contributed by atoms with Crippen molar-refractivity contribution in [3.8, 4) is 0 Å². The number of amides is 3. The summed E-state index contributed by atoms with van der Waals surface area (Å²) in [6.45, 7) is 1.28. The van der Waals surface area contributed by atoms with Crippen LogP contribution in [-0.4, -0.2) is 30.3 Å². The molecule has 1 aliphatic heterocycles. The van der Waals surface area contributed by atoms with E-state index in [9.17, 15) is 19.2 Å². The predicted octanol–water partition coefficient (Wildman–Crippen LogP) is 4.12. The lowest BCUT2D eigenvalue weighted by Crippen LogP contribution is -2.31. The molecule has 1 aliphatic carbocycles. The van der Waals surface area contributed by atoms with E-state index in [0.29, 0.717) is 34.8 Å². The number of hydrogen-bond acceptors (Lipinski definition) is 5. The number of hydrogen-bond donors (Lipinski definition) is 1. The van der Waals surface area contributed by atoms with Crippen LogP contribution in [0.5, 0.6) is 0 Å². The average Bonchev–Trinajstić information content (AvgIpc) is 3.05. The van der Waals surface area contributed by atoms with Crippen molar-refractivity contribution in [2.75, 3.05) is 16.8 Å². The van der Waals surface area contributed by atoms with Gasteiger partial charge in [0.1, 0.15) is 0 Å². The molecular weight excluding hydrogens is 432 g/mol. The van der Waals surface area contributed by atoms with Crippen molar-refractivity contribution in [2.45, 2.75) is 32.6 Å². The lowest BCUT2D eigenvalue weighted by Gasteiger charge is -2.19. The zero-order valence-corrected chi connectivity index (χ0v) is 18.4. The molecule has 0 radical (unpaired) electrons. The Kier molecular flexibility index (Phi) is 6.28. The highest BCUT2D eigenvalue weighted by atomic mass is 35.5. The van der Waals surface area contributed by atoms with Gasteiger partial charge in [-0.3, -0.25) is 19.3 Å². The molecule has 1 heterocycles. The van der Waals surface area contributed by atoms with Crippen molar-refractivity contribution in [2.24, 2.45) is 11.8 Å². The van der Waals surface area contributed by atoms with Crippen molar-refractivity contribution in [1.82, 2.24) is 0 Å². The van der Waals surface area contributed by atoms with Gasteiger partial charge in [0.25, 0.3) is 5.91 Å². The molecule has 2 aromatic carbocycles. The van der Waals surface area contributed by atoms with Gasteiger partial charge in [0.05, 0.1) is 23.1 Å². The second-order valence-corrected chi connectivity index (χ2v) is 8.50. The van der Waals surface area contributed by atoms with Gasteiger partial charge in [-0.25, -0.2) is 4.79 Å². The topological polar surface area (TPSA) is 92.8 Å². The lowest BCUT2D eigenvalue weighted by atomic mass is 9.81. The maximum Gasteiger partial charge on any atom is 0.338 e. The van der Waals surface area contributed by atoms with Crippen LogP contribution in [0.25, 0.3) is 0 Å². The average molecular weight is 455 g/mol. The minimum atomic E-state index is -0.721. The number of nitrogens with one attached hydrogen (secondary N) is 1. The number of fused-ring (bicyclic) bond motifs is 1. The van der Waals surface area contributed by atoms with Crippen LogP contribution in [0.2, 0.25) is 5.02 Å². The van der Waals surface area contributed by atoms with Crippen LogP contribution in [0.3, 0.4) is 0 Å². The molecule has 3 amide bonds. The Bertz CT molecular complexity index is 1080. The van der Waals surface area contributed by atoms with Crippen molar-refractivity contribution >= 4 is 46.7 Å². The molecule has 2 atom stereocenters. The second-order valence-electron chi connectivity index (χ2n) is 8.10. The third kappa shape index (κ3) is 4.25. The van der Waals surface area contributed by atoms with Gasteiger partial charge in [0.15, 0.2) is 6.61 Å². The zero-order chi connectivity index (χ0) is 22.8. The van der Waals surface area contributed by atoms with E-state index in [1.165, 1.54) is 17.0 Å². The van der Waals surface area contributed by atoms with Crippen LogP contribution < -0.4 is 10.2 Å². The summed E-state index contributed by atoms with van der Waals surface area (Å²) in [5.41, 5.74) is 1.75. The van der Waals surface area contributed by atoms with Crippen LogP contribution in [0.4, 0.5) is 11.4 Å². The Morgan fingerprint density at radius 3 is 2.41 bits per heavy atom. The standard InChI is InChI=1S/C24H23ClN2O5/c1-14-19(25)10-5-11-20(14)26-21(28)13-32-24(31)15-6-4-7-16(12-15)27-22(29)17-8-2-3-9-18(17)23(27)30/h4-7,10-12,17-18H,2-3,8-9,13H2,1H3,(H,26,28)/t17-,18-/m1/s1. The number of nitrogens with zero attached hydrogens (tertiary/aromatic N) is 1. The first kappa shape index (κ1) is 22.0. The number of carbonyl (C=O) groups excluding carboxylic acids is 4. The van der Waals surface area contributed by atoms with E-state index in [1.54, 1.807) is 37.3 Å². The normalized spacial score (nSPS) is 20.1. The maximum absolute atomic E-state index is 12.8. The largest absolute Gasteiger partial charge is 0.452 e. The summed E-state index contributed by atoms with van der Waals surface area (Å²) < 4.78 is 5.13. The molecule has 8 heteroatoms. The predicted molar refractivity (Wildman–Crippen MR) is 119 cm³/mol. The van der Waals surface area contributed by atoms with Crippen LogP contribution in [0, 0.1) is 18.8 Å². The molecule has 32 heavy (non-hydrogen) atoms. The second kappa shape index (κ2) is 9.12. The molecule has 2 aromatic rings. The minimum Gasteiger partial charge on any atom is -0.452 e. The fraction of sp³-hybridized carbons (Fsp3) is 0.333. The van der Waals surface area contributed by atoms with E-state index in [-0.39, 0.29) is 29.2 Å². The molecule has 1 N–H and O–H groups in total. The number of benzene rings is 2. The molecule has 0 spiro atoms. The van der Waals surface area contributed by atoms with E-state index < -0.39 is 18.5 Å². The molecule has 2 aliphatic rings. The summed E-state index contributed by atoms with van der Waals surface area (Å²) in [5, 5.41) is 3.17. The highest BCUT2D eigenvalue weighted by molar-refractivity contribution is 6.31. The summed E-state index contributed by atoms with van der Waals surface area (Å²) in [5.74, 6) is -2.19. The summed E-state index contributed by atoms with van der Waals surface area (Å²) in [7, 11) is 0. The SMILES string of the molecule is Cc1c(Cl)cccc1NC(=O)COC(=O)c1cccc(N2C(=O)[C@@H]3CCCC[C@H]3C2=O)c1. The van der Waals surface area contributed by atoms with Gasteiger partial charge in [0.2, 0.25) is 11.8 Å².